The van der Waals surface area contributed by atoms with Crippen molar-refractivity contribution in [3.05, 3.63) is 35.9 Å². The van der Waals surface area contributed by atoms with E-state index in [1.807, 2.05) is 29.9 Å². The van der Waals surface area contributed by atoms with Crippen LogP contribution in [-0.4, -0.2) is 27.9 Å². The number of aryl methyl sites for hydroxylation is 1. The van der Waals surface area contributed by atoms with Crippen LogP contribution in [0.5, 0.6) is 0 Å². The van der Waals surface area contributed by atoms with Crippen LogP contribution in [0.3, 0.4) is 0 Å². The van der Waals surface area contributed by atoms with Gasteiger partial charge in [0.1, 0.15) is 0 Å². The summed E-state index contributed by atoms with van der Waals surface area (Å²) in [5, 5.41) is 7.70. The topological polar surface area (TPSA) is 46.0 Å². The molecule has 0 spiro atoms. The molecular weight excluding hydrogens is 238 g/mol. The van der Waals surface area contributed by atoms with Gasteiger partial charge in [-0.2, -0.15) is 4.98 Å². The number of nitrogens with one attached hydrogen (secondary N) is 1. The lowest BCUT2D eigenvalue weighted by atomic mass is 10.2. The summed E-state index contributed by atoms with van der Waals surface area (Å²) in [6.07, 6.45) is 2.50. The van der Waals surface area contributed by atoms with Crippen molar-refractivity contribution in [1.82, 2.24) is 14.8 Å². The highest BCUT2D eigenvalue weighted by Crippen LogP contribution is 2.18. The van der Waals surface area contributed by atoms with Gasteiger partial charge in [0.05, 0.1) is 0 Å². The first kappa shape index (κ1) is 12.0. The standard InChI is InChI=1S/C14H19N5/c1-18-14(19-9-5-6-10-19)16-13(17-18)15-11-12-7-3-2-4-8-12/h2-4,7-8H,5-6,9-11H2,1H3,(H,15,17). The van der Waals surface area contributed by atoms with Gasteiger partial charge >= 0.3 is 0 Å². The quantitative estimate of drug-likeness (QED) is 0.910. The van der Waals surface area contributed by atoms with E-state index in [1.54, 1.807) is 0 Å². The normalized spacial score (nSPS) is 14.9. The van der Waals surface area contributed by atoms with Gasteiger partial charge in [-0.1, -0.05) is 30.3 Å². The van der Waals surface area contributed by atoms with Gasteiger partial charge in [0.15, 0.2) is 0 Å². The van der Waals surface area contributed by atoms with E-state index in [0.717, 1.165) is 25.6 Å². The molecule has 1 aromatic carbocycles. The van der Waals surface area contributed by atoms with Crippen molar-refractivity contribution in [3.63, 3.8) is 0 Å². The van der Waals surface area contributed by atoms with Crippen molar-refractivity contribution in [2.45, 2.75) is 19.4 Å². The van der Waals surface area contributed by atoms with Gasteiger partial charge in [0.2, 0.25) is 11.9 Å². The Labute approximate surface area is 113 Å². The molecule has 1 N–H and O–H groups in total. The Hall–Kier alpha value is -2.04. The summed E-state index contributed by atoms with van der Waals surface area (Å²) in [6, 6.07) is 10.3. The van der Waals surface area contributed by atoms with E-state index in [9.17, 15) is 0 Å². The van der Waals surface area contributed by atoms with Crippen LogP contribution in [0.15, 0.2) is 30.3 Å². The second-order valence-electron chi connectivity index (χ2n) is 4.89. The molecule has 5 heteroatoms. The van der Waals surface area contributed by atoms with Crippen molar-refractivity contribution in [1.29, 1.82) is 0 Å². The molecule has 1 saturated heterocycles. The molecular formula is C14H19N5. The van der Waals surface area contributed by atoms with E-state index < -0.39 is 0 Å². The summed E-state index contributed by atoms with van der Waals surface area (Å²) < 4.78 is 1.86. The maximum absolute atomic E-state index is 4.57. The highest BCUT2D eigenvalue weighted by atomic mass is 15.5. The Kier molecular flexibility index (Phi) is 3.35. The molecule has 0 amide bonds. The molecule has 5 nitrogen and oxygen atoms in total. The number of nitrogens with zero attached hydrogens (tertiary/aromatic N) is 4. The molecule has 0 atom stereocenters. The van der Waals surface area contributed by atoms with Gasteiger partial charge in [-0.3, -0.25) is 0 Å². The zero-order chi connectivity index (χ0) is 13.1. The van der Waals surface area contributed by atoms with Crippen LogP contribution in [0.1, 0.15) is 18.4 Å². The van der Waals surface area contributed by atoms with E-state index in [2.05, 4.69) is 32.4 Å². The number of rotatable bonds is 4. The van der Waals surface area contributed by atoms with Crippen LogP contribution in [0.2, 0.25) is 0 Å². The molecule has 2 aromatic rings. The fourth-order valence-electron chi connectivity index (χ4n) is 2.42. The molecule has 0 aliphatic carbocycles. The third kappa shape index (κ3) is 2.70. The summed E-state index contributed by atoms with van der Waals surface area (Å²) in [6.45, 7) is 2.93. The van der Waals surface area contributed by atoms with Crippen LogP contribution < -0.4 is 10.2 Å². The predicted octanol–water partition coefficient (Wildman–Crippen LogP) is 2.03. The average Bonchev–Trinajstić information content (AvgIpc) is 3.07. The van der Waals surface area contributed by atoms with Crippen molar-refractivity contribution in [2.24, 2.45) is 7.05 Å². The minimum absolute atomic E-state index is 0.702. The molecule has 0 unspecified atom stereocenters. The van der Waals surface area contributed by atoms with E-state index in [-0.39, 0.29) is 0 Å². The minimum Gasteiger partial charge on any atom is -0.349 e. The van der Waals surface area contributed by atoms with Gasteiger partial charge in [-0.25, -0.2) is 4.68 Å². The summed E-state index contributed by atoms with van der Waals surface area (Å²) in [4.78, 5) is 6.87. The molecule has 2 heterocycles. The minimum atomic E-state index is 0.702. The SMILES string of the molecule is Cn1nc(NCc2ccccc2)nc1N1CCCC1. The number of hydrogen-bond acceptors (Lipinski definition) is 4. The van der Waals surface area contributed by atoms with Crippen LogP contribution in [0.25, 0.3) is 0 Å². The molecule has 1 aliphatic heterocycles. The Balaban J connectivity index is 1.67. The maximum Gasteiger partial charge on any atom is 0.244 e. The second-order valence-corrected chi connectivity index (χ2v) is 4.89. The van der Waals surface area contributed by atoms with Gasteiger partial charge in [0.25, 0.3) is 0 Å². The number of hydrogen-bond donors (Lipinski definition) is 1. The Morgan fingerprint density at radius 1 is 1.16 bits per heavy atom. The molecule has 0 radical (unpaired) electrons. The third-order valence-corrected chi connectivity index (χ3v) is 3.42. The Morgan fingerprint density at radius 2 is 1.89 bits per heavy atom. The lowest BCUT2D eigenvalue weighted by Gasteiger charge is -2.14. The monoisotopic (exact) mass is 257 g/mol. The highest BCUT2D eigenvalue weighted by Gasteiger charge is 2.18. The first-order chi connectivity index (χ1) is 9.33. The third-order valence-electron chi connectivity index (χ3n) is 3.42. The molecule has 1 aromatic heterocycles. The fraction of sp³-hybridized carbons (Fsp3) is 0.429. The van der Waals surface area contributed by atoms with Crippen molar-refractivity contribution < 1.29 is 0 Å². The van der Waals surface area contributed by atoms with Crippen molar-refractivity contribution in [3.8, 4) is 0 Å². The van der Waals surface area contributed by atoms with Gasteiger partial charge in [0, 0.05) is 26.7 Å². The predicted molar refractivity (Wildman–Crippen MR) is 76.2 cm³/mol. The summed E-state index contributed by atoms with van der Waals surface area (Å²) in [7, 11) is 1.95. The number of aromatic nitrogens is 3. The fourth-order valence-corrected chi connectivity index (χ4v) is 2.42. The van der Waals surface area contributed by atoms with Gasteiger partial charge < -0.3 is 10.2 Å². The largest absolute Gasteiger partial charge is 0.349 e. The lowest BCUT2D eigenvalue weighted by Crippen LogP contribution is -2.21. The number of anilines is 2. The zero-order valence-corrected chi connectivity index (χ0v) is 11.2. The molecule has 19 heavy (non-hydrogen) atoms. The second kappa shape index (κ2) is 5.30. The average molecular weight is 257 g/mol. The molecule has 0 saturated carbocycles. The summed E-state index contributed by atoms with van der Waals surface area (Å²) >= 11 is 0. The van der Waals surface area contributed by atoms with Gasteiger partial charge in [-0.05, 0) is 18.4 Å². The summed E-state index contributed by atoms with van der Waals surface area (Å²) in [5.74, 6) is 1.67. The van der Waals surface area contributed by atoms with E-state index >= 15 is 0 Å². The highest BCUT2D eigenvalue weighted by molar-refractivity contribution is 5.39. The van der Waals surface area contributed by atoms with Gasteiger partial charge in [-0.15, -0.1) is 5.10 Å². The van der Waals surface area contributed by atoms with E-state index in [1.165, 1.54) is 18.4 Å². The van der Waals surface area contributed by atoms with Crippen molar-refractivity contribution >= 4 is 11.9 Å². The molecule has 1 aliphatic rings. The number of benzene rings is 1. The van der Waals surface area contributed by atoms with Crippen LogP contribution in [-0.2, 0) is 13.6 Å². The molecule has 100 valence electrons. The first-order valence-electron chi connectivity index (χ1n) is 6.77. The Morgan fingerprint density at radius 3 is 2.63 bits per heavy atom. The smallest absolute Gasteiger partial charge is 0.244 e. The lowest BCUT2D eigenvalue weighted by molar-refractivity contribution is 0.735. The van der Waals surface area contributed by atoms with Crippen molar-refractivity contribution in [2.75, 3.05) is 23.3 Å². The molecule has 3 rings (SSSR count). The van der Waals surface area contributed by atoms with Crippen LogP contribution >= 0.6 is 0 Å². The summed E-state index contributed by atoms with van der Waals surface area (Å²) in [5.41, 5.74) is 1.23. The van der Waals surface area contributed by atoms with Crippen LogP contribution in [0.4, 0.5) is 11.9 Å². The maximum atomic E-state index is 4.57. The zero-order valence-electron chi connectivity index (χ0n) is 11.2. The van der Waals surface area contributed by atoms with Crippen LogP contribution in [0, 0.1) is 0 Å². The molecule has 1 fully saturated rings. The first-order valence-corrected chi connectivity index (χ1v) is 6.77. The Bertz CT molecular complexity index is 528. The van der Waals surface area contributed by atoms with E-state index in [4.69, 9.17) is 0 Å². The molecule has 0 bridgehead atoms. The van der Waals surface area contributed by atoms with E-state index in [0.29, 0.717) is 5.95 Å².